The minimum Gasteiger partial charge on any atom is -0.394 e. The van der Waals surface area contributed by atoms with E-state index in [0.29, 0.717) is 18.4 Å². The first kappa shape index (κ1) is 18.9. The molecule has 3 N–H and O–H groups in total. The molecular formula is C19H19FN2O5. The maximum absolute atomic E-state index is 13.3. The highest BCUT2D eigenvalue weighted by Gasteiger charge is 2.31. The Hall–Kier alpha value is -2.84. The van der Waals surface area contributed by atoms with E-state index in [1.165, 1.54) is 36.4 Å². The summed E-state index contributed by atoms with van der Waals surface area (Å²) < 4.78 is 13.3. The fourth-order valence-electron chi connectivity index (χ4n) is 3.39. The maximum Gasteiger partial charge on any atom is 0.269 e. The molecule has 3 unspecified atom stereocenters. The van der Waals surface area contributed by atoms with Gasteiger partial charge in [0.25, 0.3) is 5.69 Å². The number of nitrogens with zero attached hydrogens (tertiary/aromatic N) is 1. The number of halogens is 1. The van der Waals surface area contributed by atoms with Gasteiger partial charge in [0.2, 0.25) is 5.91 Å². The van der Waals surface area contributed by atoms with Crippen molar-refractivity contribution in [1.82, 2.24) is 5.32 Å². The molecule has 3 atom stereocenters. The average molecular weight is 374 g/mol. The predicted molar refractivity (Wildman–Crippen MR) is 94.5 cm³/mol. The van der Waals surface area contributed by atoms with Gasteiger partial charge in [0, 0.05) is 12.1 Å². The molecule has 0 saturated heterocycles. The standard InChI is InChI=1S/C19H19FN2O5/c20-13-4-8-15-12(9-13)3-7-16(15)19(25)21-17(10-23)18(24)11-1-5-14(6-2-11)22(26)27/h1-2,4-6,8-9,16-18,23-24H,3,7,10H2,(H,21,25). The van der Waals surface area contributed by atoms with Crippen molar-refractivity contribution in [3.05, 3.63) is 75.1 Å². The summed E-state index contributed by atoms with van der Waals surface area (Å²) in [4.78, 5) is 22.8. The van der Waals surface area contributed by atoms with E-state index >= 15 is 0 Å². The van der Waals surface area contributed by atoms with Crippen molar-refractivity contribution < 1.29 is 24.3 Å². The first-order valence-electron chi connectivity index (χ1n) is 8.52. The zero-order valence-corrected chi connectivity index (χ0v) is 14.3. The van der Waals surface area contributed by atoms with Crippen LogP contribution in [0.25, 0.3) is 0 Å². The van der Waals surface area contributed by atoms with Gasteiger partial charge in [0.1, 0.15) is 11.9 Å². The lowest BCUT2D eigenvalue weighted by Crippen LogP contribution is -2.43. The molecule has 0 fully saturated rings. The summed E-state index contributed by atoms with van der Waals surface area (Å²) in [5, 5.41) is 33.4. The van der Waals surface area contributed by atoms with E-state index in [9.17, 15) is 29.5 Å². The summed E-state index contributed by atoms with van der Waals surface area (Å²) in [5.74, 6) is -1.18. The van der Waals surface area contributed by atoms with E-state index in [2.05, 4.69) is 5.32 Å². The lowest BCUT2D eigenvalue weighted by Gasteiger charge is -2.24. The van der Waals surface area contributed by atoms with Gasteiger partial charge >= 0.3 is 0 Å². The Kier molecular flexibility index (Phi) is 5.48. The van der Waals surface area contributed by atoms with Crippen molar-refractivity contribution >= 4 is 11.6 Å². The van der Waals surface area contributed by atoms with Crippen molar-refractivity contribution in [2.24, 2.45) is 0 Å². The van der Waals surface area contributed by atoms with Crippen LogP contribution in [0.5, 0.6) is 0 Å². The van der Waals surface area contributed by atoms with Crippen LogP contribution >= 0.6 is 0 Å². The highest BCUT2D eigenvalue weighted by Crippen LogP contribution is 2.34. The summed E-state index contributed by atoms with van der Waals surface area (Å²) in [5.41, 5.74) is 1.75. The Balaban J connectivity index is 1.71. The Morgan fingerprint density at radius 3 is 2.63 bits per heavy atom. The first-order valence-corrected chi connectivity index (χ1v) is 8.52. The molecule has 1 aliphatic carbocycles. The normalized spacial score (nSPS) is 17.8. The van der Waals surface area contributed by atoms with Gasteiger partial charge in [0.05, 0.1) is 23.5 Å². The van der Waals surface area contributed by atoms with Gasteiger partial charge in [0.15, 0.2) is 0 Å². The van der Waals surface area contributed by atoms with Crippen LogP contribution in [0.15, 0.2) is 42.5 Å². The smallest absolute Gasteiger partial charge is 0.269 e. The molecule has 1 amide bonds. The molecule has 1 aliphatic rings. The number of hydrogen-bond donors (Lipinski definition) is 3. The summed E-state index contributed by atoms with van der Waals surface area (Å²) in [6.07, 6.45) is -0.121. The third-order valence-electron chi connectivity index (χ3n) is 4.85. The Morgan fingerprint density at radius 1 is 1.30 bits per heavy atom. The number of aliphatic hydroxyl groups excluding tert-OH is 2. The summed E-state index contributed by atoms with van der Waals surface area (Å²) in [6, 6.07) is 8.59. The van der Waals surface area contributed by atoms with E-state index in [1.54, 1.807) is 6.07 Å². The van der Waals surface area contributed by atoms with E-state index < -0.39 is 29.6 Å². The number of nitro benzene ring substituents is 1. The zero-order valence-electron chi connectivity index (χ0n) is 14.3. The number of aliphatic hydroxyl groups is 2. The van der Waals surface area contributed by atoms with Gasteiger partial charge in [-0.25, -0.2) is 4.39 Å². The third-order valence-corrected chi connectivity index (χ3v) is 4.85. The average Bonchev–Trinajstić information content (AvgIpc) is 3.08. The second-order valence-corrected chi connectivity index (χ2v) is 6.53. The number of carbonyl (C=O) groups is 1. The van der Waals surface area contributed by atoms with Crippen LogP contribution in [0.1, 0.15) is 35.1 Å². The number of benzene rings is 2. The van der Waals surface area contributed by atoms with Crippen LogP contribution < -0.4 is 5.32 Å². The fourth-order valence-corrected chi connectivity index (χ4v) is 3.39. The number of amides is 1. The molecule has 0 saturated carbocycles. The van der Waals surface area contributed by atoms with Gasteiger partial charge in [-0.15, -0.1) is 0 Å². The number of rotatable bonds is 6. The van der Waals surface area contributed by atoms with Crippen molar-refractivity contribution in [3.63, 3.8) is 0 Å². The Labute approximate surface area is 154 Å². The molecule has 0 bridgehead atoms. The third kappa shape index (κ3) is 3.96. The van der Waals surface area contributed by atoms with Gasteiger partial charge in [-0.1, -0.05) is 6.07 Å². The molecular weight excluding hydrogens is 355 g/mol. The molecule has 142 valence electrons. The molecule has 2 aromatic rings. The number of non-ortho nitro benzene ring substituents is 1. The highest BCUT2D eigenvalue weighted by atomic mass is 19.1. The Bertz CT molecular complexity index is 856. The summed E-state index contributed by atoms with van der Waals surface area (Å²) in [6.45, 7) is -0.507. The molecule has 27 heavy (non-hydrogen) atoms. The van der Waals surface area contributed by atoms with Gasteiger partial charge in [-0.3, -0.25) is 14.9 Å². The van der Waals surface area contributed by atoms with Crippen molar-refractivity contribution in [2.45, 2.75) is 30.9 Å². The molecule has 0 aliphatic heterocycles. The minimum absolute atomic E-state index is 0.120. The van der Waals surface area contributed by atoms with Crippen molar-refractivity contribution in [1.29, 1.82) is 0 Å². The molecule has 3 rings (SSSR count). The van der Waals surface area contributed by atoms with Gasteiger partial charge in [-0.2, -0.15) is 0 Å². The molecule has 0 radical (unpaired) electrons. The number of aryl methyl sites for hydroxylation is 1. The molecule has 0 aromatic heterocycles. The maximum atomic E-state index is 13.3. The second-order valence-electron chi connectivity index (χ2n) is 6.53. The van der Waals surface area contributed by atoms with Crippen LogP contribution in [0.2, 0.25) is 0 Å². The second kappa shape index (κ2) is 7.81. The number of fused-ring (bicyclic) bond motifs is 1. The van der Waals surface area contributed by atoms with E-state index in [4.69, 9.17) is 0 Å². The lowest BCUT2D eigenvalue weighted by molar-refractivity contribution is -0.384. The lowest BCUT2D eigenvalue weighted by atomic mass is 9.98. The monoisotopic (exact) mass is 374 g/mol. The molecule has 2 aromatic carbocycles. The van der Waals surface area contributed by atoms with Crippen LogP contribution in [0.4, 0.5) is 10.1 Å². The largest absolute Gasteiger partial charge is 0.394 e. The first-order chi connectivity index (χ1) is 12.9. The minimum atomic E-state index is -1.23. The molecule has 0 spiro atoms. The summed E-state index contributed by atoms with van der Waals surface area (Å²) in [7, 11) is 0. The van der Waals surface area contributed by atoms with Crippen LogP contribution in [0.3, 0.4) is 0 Å². The van der Waals surface area contributed by atoms with E-state index in [1.807, 2.05) is 0 Å². The van der Waals surface area contributed by atoms with Crippen LogP contribution in [-0.2, 0) is 11.2 Å². The quantitative estimate of drug-likeness (QED) is 0.529. The van der Waals surface area contributed by atoms with Crippen molar-refractivity contribution in [3.8, 4) is 0 Å². The Morgan fingerprint density at radius 2 is 2.00 bits per heavy atom. The van der Waals surface area contributed by atoms with Crippen molar-refractivity contribution in [2.75, 3.05) is 6.61 Å². The number of carbonyl (C=O) groups excluding carboxylic acids is 1. The fraction of sp³-hybridized carbons (Fsp3) is 0.316. The van der Waals surface area contributed by atoms with Crippen LogP contribution in [0, 0.1) is 15.9 Å². The summed E-state index contributed by atoms with van der Waals surface area (Å²) >= 11 is 0. The predicted octanol–water partition coefficient (Wildman–Crippen LogP) is 1.97. The van der Waals surface area contributed by atoms with Crippen LogP contribution in [-0.4, -0.2) is 33.7 Å². The van der Waals surface area contributed by atoms with E-state index in [0.717, 1.165) is 11.1 Å². The number of nitrogens with one attached hydrogen (secondary N) is 1. The highest BCUT2D eigenvalue weighted by molar-refractivity contribution is 5.85. The van der Waals surface area contributed by atoms with Gasteiger partial charge in [-0.05, 0) is 53.8 Å². The van der Waals surface area contributed by atoms with E-state index in [-0.39, 0.29) is 17.4 Å². The molecule has 0 heterocycles. The molecule has 7 nitrogen and oxygen atoms in total. The SMILES string of the molecule is O=C(NC(CO)C(O)c1ccc([N+](=O)[O-])cc1)C1CCc2cc(F)ccc21. The zero-order chi connectivity index (χ0) is 19.6. The van der Waals surface area contributed by atoms with Gasteiger partial charge < -0.3 is 15.5 Å². The topological polar surface area (TPSA) is 113 Å². The molecule has 8 heteroatoms. The number of hydrogen-bond acceptors (Lipinski definition) is 5. The number of nitro groups is 1.